The molecule has 0 unspecified atom stereocenters. The third-order valence-electron chi connectivity index (χ3n) is 3.55. The number of benzene rings is 2. The lowest BCUT2D eigenvalue weighted by molar-refractivity contribution is 0.0475. The highest BCUT2D eigenvalue weighted by Crippen LogP contribution is 2.15. The van der Waals surface area contributed by atoms with Gasteiger partial charge in [0, 0.05) is 16.6 Å². The summed E-state index contributed by atoms with van der Waals surface area (Å²) in [5.41, 5.74) is 2.30. The van der Waals surface area contributed by atoms with Crippen LogP contribution in [0.2, 0.25) is 0 Å². The molecule has 3 rings (SSSR count). The van der Waals surface area contributed by atoms with E-state index in [1.165, 1.54) is 0 Å². The highest BCUT2D eigenvalue weighted by Gasteiger charge is 2.14. The Morgan fingerprint density at radius 1 is 1.12 bits per heavy atom. The highest BCUT2D eigenvalue weighted by atomic mass is 79.9. The molecule has 0 aliphatic carbocycles. The number of halogens is 1. The first kappa shape index (κ1) is 16.3. The van der Waals surface area contributed by atoms with Crippen LogP contribution < -0.4 is 0 Å². The molecule has 0 aliphatic heterocycles. The van der Waals surface area contributed by atoms with Crippen molar-refractivity contribution < 1.29 is 14.3 Å². The lowest BCUT2D eigenvalue weighted by Crippen LogP contribution is -2.14. The van der Waals surface area contributed by atoms with Gasteiger partial charge in [0.05, 0.1) is 11.1 Å². The molecule has 24 heavy (non-hydrogen) atoms. The zero-order chi connectivity index (χ0) is 17.1. The lowest BCUT2D eigenvalue weighted by Gasteiger charge is -2.05. The van der Waals surface area contributed by atoms with Gasteiger partial charge in [-0.05, 0) is 37.3 Å². The van der Waals surface area contributed by atoms with E-state index in [1.807, 2.05) is 6.92 Å². The SMILES string of the molecule is CCn1nnc2cc(C(=O)OCC(=O)c3ccc(Br)cc3)ccc21. The number of Topliss-reactive ketones (excluding diaryl/α,β-unsaturated/α-hetero) is 1. The van der Waals surface area contributed by atoms with Crippen LogP contribution in [-0.4, -0.2) is 33.4 Å². The topological polar surface area (TPSA) is 74.1 Å². The number of ether oxygens (including phenoxy) is 1. The smallest absolute Gasteiger partial charge is 0.338 e. The summed E-state index contributed by atoms with van der Waals surface area (Å²) >= 11 is 3.30. The van der Waals surface area contributed by atoms with Crippen molar-refractivity contribution in [1.82, 2.24) is 15.0 Å². The molecule has 3 aromatic rings. The Hall–Kier alpha value is -2.54. The quantitative estimate of drug-likeness (QED) is 0.496. The molecule has 122 valence electrons. The third-order valence-corrected chi connectivity index (χ3v) is 4.08. The second-order valence-corrected chi connectivity index (χ2v) is 6.03. The number of nitrogens with zero attached hydrogens (tertiary/aromatic N) is 3. The largest absolute Gasteiger partial charge is 0.454 e. The molecule has 0 N–H and O–H groups in total. The van der Waals surface area contributed by atoms with Crippen molar-refractivity contribution in [2.24, 2.45) is 0 Å². The number of aryl methyl sites for hydroxylation is 1. The van der Waals surface area contributed by atoms with Crippen LogP contribution in [0.1, 0.15) is 27.6 Å². The monoisotopic (exact) mass is 387 g/mol. The summed E-state index contributed by atoms with van der Waals surface area (Å²) in [6.07, 6.45) is 0. The summed E-state index contributed by atoms with van der Waals surface area (Å²) in [4.78, 5) is 24.1. The van der Waals surface area contributed by atoms with Gasteiger partial charge in [-0.1, -0.05) is 33.3 Å². The van der Waals surface area contributed by atoms with E-state index >= 15 is 0 Å². The first-order valence-electron chi connectivity index (χ1n) is 7.37. The zero-order valence-electron chi connectivity index (χ0n) is 12.9. The Bertz CT molecular complexity index is 903. The van der Waals surface area contributed by atoms with Crippen LogP contribution in [0, 0.1) is 0 Å². The molecule has 0 radical (unpaired) electrons. The number of hydrogen-bond acceptors (Lipinski definition) is 5. The number of aromatic nitrogens is 3. The van der Waals surface area contributed by atoms with E-state index in [-0.39, 0.29) is 12.4 Å². The normalized spacial score (nSPS) is 10.8. The molecule has 2 aromatic carbocycles. The third kappa shape index (κ3) is 3.35. The Labute approximate surface area is 146 Å². The predicted octanol–water partition coefficient (Wildman–Crippen LogP) is 3.25. The second kappa shape index (κ2) is 6.92. The van der Waals surface area contributed by atoms with E-state index in [0.717, 1.165) is 9.99 Å². The minimum atomic E-state index is -0.562. The Balaban J connectivity index is 1.68. The van der Waals surface area contributed by atoms with Crippen molar-refractivity contribution in [3.8, 4) is 0 Å². The second-order valence-electron chi connectivity index (χ2n) is 5.11. The van der Waals surface area contributed by atoms with Gasteiger partial charge in [0.2, 0.25) is 0 Å². The average Bonchev–Trinajstić information content (AvgIpc) is 3.02. The average molecular weight is 388 g/mol. The van der Waals surface area contributed by atoms with Crippen molar-refractivity contribution in [2.45, 2.75) is 13.5 Å². The summed E-state index contributed by atoms with van der Waals surface area (Å²) in [5.74, 6) is -0.817. The first-order valence-corrected chi connectivity index (χ1v) is 8.17. The Kier molecular flexibility index (Phi) is 4.71. The molecule has 0 bridgehead atoms. The Morgan fingerprint density at radius 3 is 2.54 bits per heavy atom. The van der Waals surface area contributed by atoms with Crippen molar-refractivity contribution in [3.05, 3.63) is 58.1 Å². The van der Waals surface area contributed by atoms with Gasteiger partial charge in [0.1, 0.15) is 5.52 Å². The molecule has 1 heterocycles. The minimum Gasteiger partial charge on any atom is -0.454 e. The van der Waals surface area contributed by atoms with Crippen LogP contribution in [0.15, 0.2) is 46.9 Å². The molecule has 0 saturated carbocycles. The van der Waals surface area contributed by atoms with E-state index in [9.17, 15) is 9.59 Å². The fraction of sp³-hybridized carbons (Fsp3) is 0.176. The molecular weight excluding hydrogens is 374 g/mol. The number of fused-ring (bicyclic) bond motifs is 1. The maximum absolute atomic E-state index is 12.1. The van der Waals surface area contributed by atoms with Gasteiger partial charge in [-0.15, -0.1) is 5.10 Å². The number of carbonyl (C=O) groups is 2. The summed E-state index contributed by atoms with van der Waals surface area (Å²) in [5, 5.41) is 8.01. The number of rotatable bonds is 5. The molecule has 6 nitrogen and oxygen atoms in total. The van der Waals surface area contributed by atoms with E-state index in [4.69, 9.17) is 4.74 Å². The maximum atomic E-state index is 12.1. The maximum Gasteiger partial charge on any atom is 0.338 e. The molecule has 7 heteroatoms. The van der Waals surface area contributed by atoms with Gasteiger partial charge in [-0.3, -0.25) is 4.79 Å². The van der Waals surface area contributed by atoms with Gasteiger partial charge in [0.15, 0.2) is 12.4 Å². The number of carbonyl (C=O) groups excluding carboxylic acids is 2. The van der Waals surface area contributed by atoms with Gasteiger partial charge in [0.25, 0.3) is 0 Å². The summed E-state index contributed by atoms with van der Waals surface area (Å²) in [6, 6.07) is 11.9. The van der Waals surface area contributed by atoms with Crippen LogP contribution in [0.4, 0.5) is 0 Å². The first-order chi connectivity index (χ1) is 11.6. The minimum absolute atomic E-state index is 0.256. The molecule has 0 aliphatic rings. The van der Waals surface area contributed by atoms with Crippen molar-refractivity contribution in [2.75, 3.05) is 6.61 Å². The van der Waals surface area contributed by atoms with Gasteiger partial charge in [-0.2, -0.15) is 0 Å². The molecule has 0 saturated heterocycles. The number of ketones is 1. The molecule has 0 atom stereocenters. The van der Waals surface area contributed by atoms with E-state index in [0.29, 0.717) is 23.2 Å². The van der Waals surface area contributed by atoms with Gasteiger partial charge >= 0.3 is 5.97 Å². The van der Waals surface area contributed by atoms with Gasteiger partial charge in [-0.25, -0.2) is 9.48 Å². The van der Waals surface area contributed by atoms with Crippen LogP contribution >= 0.6 is 15.9 Å². The molecule has 0 spiro atoms. The van der Waals surface area contributed by atoms with Crippen LogP contribution in [0.5, 0.6) is 0 Å². The van der Waals surface area contributed by atoms with Crippen molar-refractivity contribution >= 4 is 38.7 Å². The zero-order valence-corrected chi connectivity index (χ0v) is 14.5. The van der Waals surface area contributed by atoms with E-state index in [2.05, 4.69) is 26.2 Å². The predicted molar refractivity (Wildman–Crippen MR) is 92.0 cm³/mol. The molecule has 0 amide bonds. The fourth-order valence-electron chi connectivity index (χ4n) is 2.27. The molecular formula is C17H14BrN3O3. The van der Waals surface area contributed by atoms with Crippen LogP contribution in [0.25, 0.3) is 11.0 Å². The summed E-state index contributed by atoms with van der Waals surface area (Å²) in [6.45, 7) is 2.35. The number of hydrogen-bond donors (Lipinski definition) is 0. The van der Waals surface area contributed by atoms with Crippen molar-refractivity contribution in [3.63, 3.8) is 0 Å². The standard InChI is InChI=1S/C17H14BrN3O3/c1-2-21-15-8-5-12(9-14(15)19-20-21)17(23)24-10-16(22)11-3-6-13(18)7-4-11/h3-9H,2,10H2,1H3. The number of esters is 1. The van der Waals surface area contributed by atoms with E-state index in [1.54, 1.807) is 47.1 Å². The van der Waals surface area contributed by atoms with Gasteiger partial charge < -0.3 is 4.74 Å². The van der Waals surface area contributed by atoms with Crippen molar-refractivity contribution in [1.29, 1.82) is 0 Å². The van der Waals surface area contributed by atoms with E-state index < -0.39 is 5.97 Å². The van der Waals surface area contributed by atoms with Crippen LogP contribution in [-0.2, 0) is 11.3 Å². The summed E-state index contributed by atoms with van der Waals surface area (Å²) < 4.78 is 7.72. The van der Waals surface area contributed by atoms with Crippen LogP contribution in [0.3, 0.4) is 0 Å². The molecule has 1 aromatic heterocycles. The fourth-order valence-corrected chi connectivity index (χ4v) is 2.53. The lowest BCUT2D eigenvalue weighted by atomic mass is 10.1. The molecule has 0 fully saturated rings. The highest BCUT2D eigenvalue weighted by molar-refractivity contribution is 9.10. The summed E-state index contributed by atoms with van der Waals surface area (Å²) in [7, 11) is 0. The Morgan fingerprint density at radius 2 is 1.83 bits per heavy atom.